The maximum atomic E-state index is 12.5. The van der Waals surface area contributed by atoms with Crippen LogP contribution in [0.2, 0.25) is 0 Å². The molecule has 0 spiro atoms. The minimum Gasteiger partial charge on any atom is -0.468 e. The molecule has 1 aliphatic rings. The van der Waals surface area contributed by atoms with E-state index in [2.05, 4.69) is 4.74 Å². The van der Waals surface area contributed by atoms with E-state index in [0.29, 0.717) is 18.6 Å². The normalized spacial score (nSPS) is 16.2. The first-order valence-corrected chi connectivity index (χ1v) is 4.96. The number of esters is 1. The van der Waals surface area contributed by atoms with Gasteiger partial charge in [-0.2, -0.15) is 0 Å². The number of carbonyl (C=O) groups is 1. The maximum absolute atomic E-state index is 12.5. The third-order valence-corrected chi connectivity index (χ3v) is 2.75. The van der Waals surface area contributed by atoms with Crippen LogP contribution in [0.1, 0.15) is 12.8 Å². The summed E-state index contributed by atoms with van der Waals surface area (Å²) >= 11 is 1.41. The van der Waals surface area contributed by atoms with Gasteiger partial charge in [-0.3, -0.25) is 4.79 Å². The van der Waals surface area contributed by atoms with Gasteiger partial charge in [-0.05, 0) is 17.4 Å². The lowest BCUT2D eigenvalue weighted by Crippen LogP contribution is -2.03. The molecule has 0 N–H and O–H groups in total. The first-order valence-electron chi connectivity index (χ1n) is 3.97. The van der Waals surface area contributed by atoms with Gasteiger partial charge in [0.1, 0.15) is 5.83 Å². The number of rotatable bonds is 3. The molecule has 2 nitrogen and oxygen atoms in total. The summed E-state index contributed by atoms with van der Waals surface area (Å²) in [7, 11) is 1.36. The molecule has 0 aromatic carbocycles. The molecular formula is C9H11FO2S. The fraction of sp³-hybridized carbons (Fsp3) is 0.444. The smallest absolute Gasteiger partial charge is 0.315 e. The molecule has 13 heavy (non-hydrogen) atoms. The van der Waals surface area contributed by atoms with Gasteiger partial charge in [0, 0.05) is 6.42 Å². The number of carbonyl (C=O) groups excluding carboxylic acids is 1. The molecule has 4 heteroatoms. The van der Waals surface area contributed by atoms with Gasteiger partial charge in [0.05, 0.1) is 12.9 Å². The average Bonchev–Trinajstić information content (AvgIpc) is 2.16. The van der Waals surface area contributed by atoms with E-state index in [1.807, 2.05) is 0 Å². The summed E-state index contributed by atoms with van der Waals surface area (Å²) in [4.78, 5) is 11.8. The minimum absolute atomic E-state index is 0.0950. The van der Waals surface area contributed by atoms with Crippen molar-refractivity contribution in [2.24, 2.45) is 0 Å². The predicted molar refractivity (Wildman–Crippen MR) is 51.0 cm³/mol. The molecule has 0 aromatic heterocycles. The van der Waals surface area contributed by atoms with Crippen LogP contribution in [0.15, 0.2) is 22.9 Å². The van der Waals surface area contributed by atoms with Crippen molar-refractivity contribution in [1.29, 1.82) is 0 Å². The molecule has 0 amide bonds. The highest BCUT2D eigenvalue weighted by Gasteiger charge is 2.08. The van der Waals surface area contributed by atoms with Crippen LogP contribution in [0.3, 0.4) is 0 Å². The van der Waals surface area contributed by atoms with Gasteiger partial charge >= 0.3 is 5.97 Å². The summed E-state index contributed by atoms with van der Waals surface area (Å²) in [5.41, 5.74) is 0. The fourth-order valence-corrected chi connectivity index (χ4v) is 1.76. The highest BCUT2D eigenvalue weighted by molar-refractivity contribution is 8.03. The Morgan fingerprint density at radius 3 is 2.92 bits per heavy atom. The summed E-state index contributed by atoms with van der Waals surface area (Å²) in [5.74, 6) is -0.0408. The van der Waals surface area contributed by atoms with Crippen LogP contribution < -0.4 is 0 Å². The van der Waals surface area contributed by atoms with Crippen LogP contribution in [0, 0.1) is 0 Å². The van der Waals surface area contributed by atoms with Gasteiger partial charge < -0.3 is 4.74 Å². The summed E-state index contributed by atoms with van der Waals surface area (Å²) in [6.45, 7) is 0. The Kier molecular flexibility index (Phi) is 4.02. The molecule has 0 heterocycles. The summed E-state index contributed by atoms with van der Waals surface area (Å²) < 4.78 is 17.0. The summed E-state index contributed by atoms with van der Waals surface area (Å²) in [6, 6.07) is 0. The molecule has 0 saturated heterocycles. The van der Waals surface area contributed by atoms with Crippen LogP contribution in [-0.4, -0.2) is 18.8 Å². The van der Waals surface area contributed by atoms with Gasteiger partial charge in [-0.1, -0.05) is 6.08 Å². The molecular weight excluding hydrogens is 191 g/mol. The third kappa shape index (κ3) is 3.63. The quantitative estimate of drug-likeness (QED) is 0.657. The number of hydrogen-bond donors (Lipinski definition) is 0. The van der Waals surface area contributed by atoms with Crippen molar-refractivity contribution in [3.05, 3.63) is 22.9 Å². The average molecular weight is 202 g/mol. The van der Waals surface area contributed by atoms with E-state index in [1.165, 1.54) is 24.9 Å². The Balaban J connectivity index is 2.34. The standard InChI is InChI=1S/C9H11FO2S/c1-12-9(11)6-13-8-4-2-7(10)3-5-8/h2,4H,3,5-6H2,1H3. The molecule has 0 aliphatic heterocycles. The van der Waals surface area contributed by atoms with Gasteiger partial charge in [-0.15, -0.1) is 11.8 Å². The number of halogens is 1. The summed E-state index contributed by atoms with van der Waals surface area (Å²) in [5, 5.41) is 0. The van der Waals surface area contributed by atoms with Crippen LogP contribution >= 0.6 is 11.8 Å². The Hall–Kier alpha value is -0.770. The third-order valence-electron chi connectivity index (χ3n) is 1.66. The van der Waals surface area contributed by atoms with Crippen molar-refractivity contribution in [2.75, 3.05) is 12.9 Å². The first-order chi connectivity index (χ1) is 6.22. The van der Waals surface area contributed by atoms with E-state index >= 15 is 0 Å². The van der Waals surface area contributed by atoms with Crippen molar-refractivity contribution in [1.82, 2.24) is 0 Å². The van der Waals surface area contributed by atoms with E-state index in [9.17, 15) is 9.18 Å². The predicted octanol–water partition coefficient (Wildman–Crippen LogP) is 2.42. The molecule has 1 aliphatic carbocycles. The van der Waals surface area contributed by atoms with Crippen LogP contribution in [0.4, 0.5) is 4.39 Å². The lowest BCUT2D eigenvalue weighted by molar-refractivity contribution is -0.137. The van der Waals surface area contributed by atoms with Crippen LogP contribution in [0.25, 0.3) is 0 Å². The fourth-order valence-electron chi connectivity index (χ4n) is 0.923. The zero-order valence-corrected chi connectivity index (χ0v) is 8.20. The summed E-state index contributed by atoms with van der Waals surface area (Å²) in [6.07, 6.45) is 4.29. The lowest BCUT2D eigenvalue weighted by Gasteiger charge is -2.08. The van der Waals surface area contributed by atoms with E-state index in [1.54, 1.807) is 6.08 Å². The second-order valence-corrected chi connectivity index (χ2v) is 3.71. The van der Waals surface area contributed by atoms with E-state index < -0.39 is 0 Å². The van der Waals surface area contributed by atoms with Crippen molar-refractivity contribution in [3.63, 3.8) is 0 Å². The highest BCUT2D eigenvalue weighted by atomic mass is 32.2. The topological polar surface area (TPSA) is 26.3 Å². The van der Waals surface area contributed by atoms with E-state index in [0.717, 1.165) is 4.91 Å². The molecule has 0 atom stereocenters. The largest absolute Gasteiger partial charge is 0.468 e. The highest BCUT2D eigenvalue weighted by Crippen LogP contribution is 2.27. The van der Waals surface area contributed by atoms with Gasteiger partial charge in [0.2, 0.25) is 0 Å². The zero-order chi connectivity index (χ0) is 9.68. The second kappa shape index (κ2) is 5.07. The molecule has 1 rings (SSSR count). The molecule has 0 bridgehead atoms. The molecule has 0 saturated carbocycles. The van der Waals surface area contributed by atoms with Crippen LogP contribution in [-0.2, 0) is 9.53 Å². The Morgan fingerprint density at radius 2 is 2.38 bits per heavy atom. The molecule has 0 aromatic rings. The van der Waals surface area contributed by atoms with Crippen molar-refractivity contribution >= 4 is 17.7 Å². The SMILES string of the molecule is COC(=O)CSC1=CC=C(F)CC1. The minimum atomic E-state index is -0.249. The van der Waals surface area contributed by atoms with Gasteiger partial charge in [0.25, 0.3) is 0 Å². The van der Waals surface area contributed by atoms with Gasteiger partial charge in [0.15, 0.2) is 0 Å². The zero-order valence-electron chi connectivity index (χ0n) is 7.38. The Labute approximate surface area is 80.8 Å². The number of ether oxygens (including phenoxy) is 1. The molecule has 0 fully saturated rings. The molecule has 0 unspecified atom stereocenters. The van der Waals surface area contributed by atoms with Crippen molar-refractivity contribution in [2.45, 2.75) is 12.8 Å². The number of allylic oxidation sites excluding steroid dienone is 4. The maximum Gasteiger partial charge on any atom is 0.315 e. The molecule has 0 radical (unpaired) electrons. The lowest BCUT2D eigenvalue weighted by atomic mass is 10.2. The Bertz CT molecular complexity index is 258. The molecule has 72 valence electrons. The number of methoxy groups -OCH3 is 1. The number of thioether (sulfide) groups is 1. The van der Waals surface area contributed by atoms with Crippen molar-refractivity contribution in [3.8, 4) is 0 Å². The van der Waals surface area contributed by atoms with E-state index in [-0.39, 0.29) is 11.8 Å². The number of hydrogen-bond acceptors (Lipinski definition) is 3. The Morgan fingerprint density at radius 1 is 1.62 bits per heavy atom. The second-order valence-electron chi connectivity index (χ2n) is 2.61. The van der Waals surface area contributed by atoms with Crippen LogP contribution in [0.5, 0.6) is 0 Å². The monoisotopic (exact) mass is 202 g/mol. The first kappa shape index (κ1) is 10.3. The van der Waals surface area contributed by atoms with Crippen molar-refractivity contribution < 1.29 is 13.9 Å². The van der Waals surface area contributed by atoms with E-state index in [4.69, 9.17) is 0 Å². The van der Waals surface area contributed by atoms with Gasteiger partial charge in [-0.25, -0.2) is 4.39 Å².